The van der Waals surface area contributed by atoms with Crippen molar-refractivity contribution in [1.82, 2.24) is 10.6 Å². The SMILES string of the molecule is O=C(CC1CSCCN1)NCCSCc1cccc2ccccc12. The van der Waals surface area contributed by atoms with Crippen molar-refractivity contribution in [1.29, 1.82) is 0 Å². The molecule has 0 spiro atoms. The molecule has 1 saturated heterocycles. The standard InChI is InChI=1S/C19H24N2OS2/c22-19(12-17-14-24-10-8-20-17)21-9-11-23-13-16-6-3-5-15-4-1-2-7-18(15)16/h1-7,17,20H,8-14H2,(H,21,22). The molecular weight excluding hydrogens is 336 g/mol. The monoisotopic (exact) mass is 360 g/mol. The lowest BCUT2D eigenvalue weighted by molar-refractivity contribution is -0.121. The highest BCUT2D eigenvalue weighted by molar-refractivity contribution is 7.99. The molecule has 3 nitrogen and oxygen atoms in total. The number of hydrogen-bond acceptors (Lipinski definition) is 4. The molecule has 3 rings (SSSR count). The number of fused-ring (bicyclic) bond motifs is 1. The van der Waals surface area contributed by atoms with Crippen molar-refractivity contribution in [3.63, 3.8) is 0 Å². The summed E-state index contributed by atoms with van der Waals surface area (Å²) in [6, 6.07) is 15.3. The van der Waals surface area contributed by atoms with Crippen LogP contribution in [0.25, 0.3) is 10.8 Å². The first-order valence-electron chi connectivity index (χ1n) is 8.45. The van der Waals surface area contributed by atoms with Crippen LogP contribution >= 0.6 is 23.5 Å². The first kappa shape index (κ1) is 17.6. The lowest BCUT2D eigenvalue weighted by Crippen LogP contribution is -2.41. The van der Waals surface area contributed by atoms with Crippen molar-refractivity contribution < 1.29 is 4.79 Å². The minimum Gasteiger partial charge on any atom is -0.355 e. The van der Waals surface area contributed by atoms with E-state index in [2.05, 4.69) is 53.1 Å². The average Bonchev–Trinajstić information content (AvgIpc) is 2.62. The molecule has 1 atom stereocenters. The minimum absolute atomic E-state index is 0.167. The predicted octanol–water partition coefficient (Wildman–Crippen LogP) is 3.28. The lowest BCUT2D eigenvalue weighted by Gasteiger charge is -2.22. The topological polar surface area (TPSA) is 41.1 Å². The normalized spacial score (nSPS) is 17.8. The van der Waals surface area contributed by atoms with Gasteiger partial charge in [0.1, 0.15) is 0 Å². The van der Waals surface area contributed by atoms with Crippen molar-refractivity contribution in [2.45, 2.75) is 18.2 Å². The Morgan fingerprint density at radius 3 is 3.00 bits per heavy atom. The first-order chi connectivity index (χ1) is 11.8. The fraction of sp³-hybridized carbons (Fsp3) is 0.421. The number of rotatable bonds is 7. The molecule has 0 saturated carbocycles. The number of benzene rings is 2. The second-order valence-electron chi connectivity index (χ2n) is 5.97. The zero-order chi connectivity index (χ0) is 16.6. The summed E-state index contributed by atoms with van der Waals surface area (Å²) in [7, 11) is 0. The molecule has 2 N–H and O–H groups in total. The second-order valence-corrected chi connectivity index (χ2v) is 8.23. The third-order valence-electron chi connectivity index (χ3n) is 4.14. The van der Waals surface area contributed by atoms with Crippen molar-refractivity contribution in [2.24, 2.45) is 0 Å². The molecule has 1 fully saturated rings. The summed E-state index contributed by atoms with van der Waals surface area (Å²) in [6.07, 6.45) is 0.598. The van der Waals surface area contributed by atoms with E-state index in [0.717, 1.165) is 36.1 Å². The molecule has 1 aliphatic rings. The van der Waals surface area contributed by atoms with E-state index in [-0.39, 0.29) is 5.91 Å². The Morgan fingerprint density at radius 2 is 2.12 bits per heavy atom. The Bertz CT molecular complexity index is 666. The number of carbonyl (C=O) groups excluding carboxylic acids is 1. The fourth-order valence-corrected chi connectivity index (χ4v) is 4.72. The molecule has 0 aromatic heterocycles. The van der Waals surface area contributed by atoms with Crippen LogP contribution in [0.3, 0.4) is 0 Å². The van der Waals surface area contributed by atoms with Crippen LogP contribution in [0.5, 0.6) is 0 Å². The van der Waals surface area contributed by atoms with E-state index in [0.29, 0.717) is 12.5 Å². The Kier molecular flexibility index (Phi) is 6.87. The average molecular weight is 361 g/mol. The van der Waals surface area contributed by atoms with Crippen LogP contribution in [0.15, 0.2) is 42.5 Å². The quantitative estimate of drug-likeness (QED) is 0.744. The Labute approximate surface area is 152 Å². The van der Waals surface area contributed by atoms with Gasteiger partial charge in [0, 0.05) is 48.6 Å². The summed E-state index contributed by atoms with van der Waals surface area (Å²) in [5, 5.41) is 9.07. The van der Waals surface area contributed by atoms with Gasteiger partial charge in [0.05, 0.1) is 0 Å². The van der Waals surface area contributed by atoms with E-state index >= 15 is 0 Å². The summed E-state index contributed by atoms with van der Waals surface area (Å²) in [4.78, 5) is 11.9. The molecular formula is C19H24N2OS2. The van der Waals surface area contributed by atoms with Crippen molar-refractivity contribution in [2.75, 3.05) is 30.3 Å². The smallest absolute Gasteiger partial charge is 0.221 e. The molecule has 1 heterocycles. The largest absolute Gasteiger partial charge is 0.355 e. The van der Waals surface area contributed by atoms with Gasteiger partial charge in [0.25, 0.3) is 0 Å². The van der Waals surface area contributed by atoms with Gasteiger partial charge in [-0.15, -0.1) is 0 Å². The highest BCUT2D eigenvalue weighted by Crippen LogP contribution is 2.22. The minimum atomic E-state index is 0.167. The Hall–Kier alpha value is -1.17. The van der Waals surface area contributed by atoms with Crippen molar-refractivity contribution in [3.05, 3.63) is 48.0 Å². The fourth-order valence-electron chi connectivity index (χ4n) is 2.91. The molecule has 1 amide bonds. The summed E-state index contributed by atoms with van der Waals surface area (Å²) >= 11 is 3.80. The molecule has 2 aromatic rings. The maximum atomic E-state index is 11.9. The summed E-state index contributed by atoms with van der Waals surface area (Å²) in [5.41, 5.74) is 1.37. The van der Waals surface area contributed by atoms with E-state index in [9.17, 15) is 4.79 Å². The van der Waals surface area contributed by atoms with E-state index < -0.39 is 0 Å². The van der Waals surface area contributed by atoms with Crippen LogP contribution in [0, 0.1) is 0 Å². The molecule has 0 radical (unpaired) electrons. The molecule has 1 unspecified atom stereocenters. The molecule has 0 aliphatic carbocycles. The van der Waals surface area contributed by atoms with Crippen LogP contribution in [-0.4, -0.2) is 42.3 Å². The maximum Gasteiger partial charge on any atom is 0.221 e. The van der Waals surface area contributed by atoms with Gasteiger partial charge in [0.15, 0.2) is 0 Å². The predicted molar refractivity (Wildman–Crippen MR) is 107 cm³/mol. The van der Waals surface area contributed by atoms with Gasteiger partial charge in [-0.05, 0) is 16.3 Å². The zero-order valence-corrected chi connectivity index (χ0v) is 15.4. The Morgan fingerprint density at radius 1 is 1.25 bits per heavy atom. The third-order valence-corrected chi connectivity index (χ3v) is 6.28. The van der Waals surface area contributed by atoms with Crippen LogP contribution in [0.1, 0.15) is 12.0 Å². The Balaban J connectivity index is 1.37. The molecule has 1 aliphatic heterocycles. The summed E-state index contributed by atoms with van der Waals surface area (Å²) in [6.45, 7) is 1.76. The van der Waals surface area contributed by atoms with Gasteiger partial charge >= 0.3 is 0 Å². The van der Waals surface area contributed by atoms with Crippen LogP contribution in [0.4, 0.5) is 0 Å². The zero-order valence-electron chi connectivity index (χ0n) is 13.8. The van der Waals surface area contributed by atoms with Crippen molar-refractivity contribution >= 4 is 40.2 Å². The number of amides is 1. The van der Waals surface area contributed by atoms with Crippen molar-refractivity contribution in [3.8, 4) is 0 Å². The molecule has 0 bridgehead atoms. The molecule has 24 heavy (non-hydrogen) atoms. The number of nitrogens with one attached hydrogen (secondary N) is 2. The van der Waals surface area contributed by atoms with E-state index in [1.165, 1.54) is 16.3 Å². The first-order valence-corrected chi connectivity index (χ1v) is 10.8. The van der Waals surface area contributed by atoms with Crippen LogP contribution in [-0.2, 0) is 10.5 Å². The van der Waals surface area contributed by atoms with Crippen LogP contribution in [0.2, 0.25) is 0 Å². The molecule has 128 valence electrons. The van der Waals surface area contributed by atoms with Gasteiger partial charge in [-0.1, -0.05) is 42.5 Å². The number of carbonyl (C=O) groups is 1. The highest BCUT2D eigenvalue weighted by Gasteiger charge is 2.16. The lowest BCUT2D eigenvalue weighted by atomic mass is 10.1. The van der Waals surface area contributed by atoms with E-state index in [4.69, 9.17) is 0 Å². The third kappa shape index (κ3) is 5.16. The highest BCUT2D eigenvalue weighted by atomic mass is 32.2. The number of thioether (sulfide) groups is 2. The maximum absolute atomic E-state index is 11.9. The summed E-state index contributed by atoms with van der Waals surface area (Å²) in [5.74, 6) is 4.30. The van der Waals surface area contributed by atoms with Gasteiger partial charge in [-0.25, -0.2) is 0 Å². The van der Waals surface area contributed by atoms with Gasteiger partial charge < -0.3 is 10.6 Å². The van der Waals surface area contributed by atoms with Crippen LogP contribution < -0.4 is 10.6 Å². The van der Waals surface area contributed by atoms with E-state index in [1.54, 1.807) is 0 Å². The van der Waals surface area contributed by atoms with E-state index in [1.807, 2.05) is 23.5 Å². The van der Waals surface area contributed by atoms with Gasteiger partial charge in [-0.3, -0.25) is 4.79 Å². The van der Waals surface area contributed by atoms with Gasteiger partial charge in [0.2, 0.25) is 5.91 Å². The molecule has 2 aromatic carbocycles. The second kappa shape index (κ2) is 9.35. The van der Waals surface area contributed by atoms with Gasteiger partial charge in [-0.2, -0.15) is 23.5 Å². The number of hydrogen-bond donors (Lipinski definition) is 2. The molecule has 5 heteroatoms. The summed E-state index contributed by atoms with van der Waals surface area (Å²) < 4.78 is 0.